The highest BCUT2D eigenvalue weighted by molar-refractivity contribution is 4.77. The molecule has 0 bridgehead atoms. The van der Waals surface area contributed by atoms with Gasteiger partial charge in [0.2, 0.25) is 0 Å². The minimum atomic E-state index is 0.0231. The van der Waals surface area contributed by atoms with Gasteiger partial charge < -0.3 is 14.8 Å². The smallest absolute Gasteiger partial charge is 0.159 e. The van der Waals surface area contributed by atoms with Gasteiger partial charge >= 0.3 is 0 Å². The molecule has 1 aliphatic heterocycles. The average Bonchev–Trinajstić information content (AvgIpc) is 2.80. The molecule has 0 aromatic carbocycles. The maximum atomic E-state index is 5.54. The van der Waals surface area contributed by atoms with Gasteiger partial charge in [-0.1, -0.05) is 33.6 Å². The van der Waals surface area contributed by atoms with Crippen LogP contribution in [0.1, 0.15) is 46.5 Å². The summed E-state index contributed by atoms with van der Waals surface area (Å²) in [5.74, 6) is 0.736. The first-order valence-electron chi connectivity index (χ1n) is 6.78. The van der Waals surface area contributed by atoms with Gasteiger partial charge in [0.25, 0.3) is 0 Å². The molecule has 1 saturated heterocycles. The third-order valence-corrected chi connectivity index (χ3v) is 3.41. The predicted octanol–water partition coefficient (Wildman–Crippen LogP) is 2.55. The molecule has 16 heavy (non-hydrogen) atoms. The van der Waals surface area contributed by atoms with Crippen molar-refractivity contribution in [2.45, 2.75) is 58.8 Å². The molecule has 96 valence electrons. The fraction of sp³-hybridized carbons (Fsp3) is 1.00. The monoisotopic (exact) mass is 229 g/mol. The van der Waals surface area contributed by atoms with Crippen LogP contribution in [0.15, 0.2) is 0 Å². The fourth-order valence-corrected chi connectivity index (χ4v) is 2.38. The lowest BCUT2D eigenvalue weighted by atomic mass is 9.91. The Bertz CT molecular complexity index is 165. The molecule has 0 aromatic heterocycles. The summed E-state index contributed by atoms with van der Waals surface area (Å²) < 4.78 is 11.1. The van der Waals surface area contributed by atoms with Crippen LogP contribution in [0.25, 0.3) is 0 Å². The summed E-state index contributed by atoms with van der Waals surface area (Å²) in [6, 6.07) is 0.540. The molecular formula is C13H27NO2. The second-order valence-corrected chi connectivity index (χ2v) is 4.54. The third-order valence-electron chi connectivity index (χ3n) is 3.41. The molecule has 3 heteroatoms. The minimum absolute atomic E-state index is 0.0231. The van der Waals surface area contributed by atoms with Crippen LogP contribution in [0.5, 0.6) is 0 Å². The molecule has 1 atom stereocenters. The van der Waals surface area contributed by atoms with Gasteiger partial charge in [0, 0.05) is 12.5 Å². The molecule has 1 fully saturated rings. The Labute approximate surface area is 99.9 Å². The van der Waals surface area contributed by atoms with Gasteiger partial charge in [-0.25, -0.2) is 0 Å². The van der Waals surface area contributed by atoms with E-state index in [0.29, 0.717) is 6.04 Å². The van der Waals surface area contributed by atoms with Crippen LogP contribution in [0, 0.1) is 5.92 Å². The van der Waals surface area contributed by atoms with E-state index < -0.39 is 0 Å². The second-order valence-electron chi connectivity index (χ2n) is 4.54. The number of hydrogen-bond donors (Lipinski definition) is 1. The van der Waals surface area contributed by atoms with E-state index in [1.54, 1.807) is 0 Å². The first-order valence-corrected chi connectivity index (χ1v) is 6.78. The maximum Gasteiger partial charge on any atom is 0.159 e. The highest BCUT2D eigenvalue weighted by Gasteiger charge is 2.25. The van der Waals surface area contributed by atoms with E-state index in [1.165, 1.54) is 19.3 Å². The summed E-state index contributed by atoms with van der Waals surface area (Å²) in [4.78, 5) is 0. The van der Waals surface area contributed by atoms with Crippen molar-refractivity contribution in [3.05, 3.63) is 0 Å². The summed E-state index contributed by atoms with van der Waals surface area (Å²) in [6.45, 7) is 9.35. The largest absolute Gasteiger partial charge is 0.350 e. The Hall–Kier alpha value is -0.120. The summed E-state index contributed by atoms with van der Waals surface area (Å²) in [7, 11) is 0. The Morgan fingerprint density at radius 3 is 2.25 bits per heavy atom. The molecule has 1 rings (SSSR count). The van der Waals surface area contributed by atoms with Gasteiger partial charge in [0.15, 0.2) is 6.29 Å². The van der Waals surface area contributed by atoms with Crippen LogP contribution in [0.4, 0.5) is 0 Å². The zero-order valence-electron chi connectivity index (χ0n) is 11.0. The number of nitrogens with one attached hydrogen (secondary N) is 1. The van der Waals surface area contributed by atoms with Gasteiger partial charge in [-0.15, -0.1) is 0 Å². The van der Waals surface area contributed by atoms with E-state index in [2.05, 4.69) is 26.1 Å². The third kappa shape index (κ3) is 4.40. The van der Waals surface area contributed by atoms with Crippen molar-refractivity contribution in [1.29, 1.82) is 0 Å². The van der Waals surface area contributed by atoms with E-state index in [-0.39, 0.29) is 6.29 Å². The second kappa shape index (κ2) is 8.04. The molecule has 1 aliphatic rings. The lowest BCUT2D eigenvalue weighted by Gasteiger charge is -2.28. The first-order chi connectivity index (χ1) is 7.81. The van der Waals surface area contributed by atoms with Gasteiger partial charge in [0.1, 0.15) is 0 Å². The van der Waals surface area contributed by atoms with E-state index in [1.807, 2.05) is 0 Å². The zero-order valence-corrected chi connectivity index (χ0v) is 11.0. The molecule has 0 aromatic rings. The molecule has 1 N–H and O–H groups in total. The van der Waals surface area contributed by atoms with E-state index in [4.69, 9.17) is 9.47 Å². The molecule has 1 heterocycles. The average molecular weight is 229 g/mol. The van der Waals surface area contributed by atoms with E-state index in [0.717, 1.165) is 32.1 Å². The van der Waals surface area contributed by atoms with E-state index in [9.17, 15) is 0 Å². The van der Waals surface area contributed by atoms with Crippen LogP contribution in [-0.4, -0.2) is 32.1 Å². The van der Waals surface area contributed by atoms with E-state index >= 15 is 0 Å². The van der Waals surface area contributed by atoms with Crippen molar-refractivity contribution in [3.63, 3.8) is 0 Å². The van der Waals surface area contributed by atoms with Crippen LogP contribution in [0.3, 0.4) is 0 Å². The Kier molecular flexibility index (Phi) is 7.01. The molecule has 0 aliphatic carbocycles. The van der Waals surface area contributed by atoms with Crippen LogP contribution >= 0.6 is 0 Å². The van der Waals surface area contributed by atoms with Gasteiger partial charge in [0.05, 0.1) is 13.2 Å². The number of ether oxygens (including phenoxy) is 2. The lowest BCUT2D eigenvalue weighted by Crippen LogP contribution is -2.39. The molecule has 3 nitrogen and oxygen atoms in total. The quantitative estimate of drug-likeness (QED) is 0.694. The van der Waals surface area contributed by atoms with Crippen molar-refractivity contribution in [3.8, 4) is 0 Å². The topological polar surface area (TPSA) is 30.5 Å². The van der Waals surface area contributed by atoms with Crippen molar-refractivity contribution >= 4 is 0 Å². The Morgan fingerprint density at radius 1 is 1.12 bits per heavy atom. The van der Waals surface area contributed by atoms with Crippen LogP contribution in [0.2, 0.25) is 0 Å². The summed E-state index contributed by atoms with van der Waals surface area (Å²) in [5.41, 5.74) is 0. The zero-order chi connectivity index (χ0) is 11.8. The predicted molar refractivity (Wildman–Crippen MR) is 66.5 cm³/mol. The summed E-state index contributed by atoms with van der Waals surface area (Å²) in [6.07, 6.45) is 4.65. The van der Waals surface area contributed by atoms with Crippen molar-refractivity contribution in [2.75, 3.05) is 19.8 Å². The standard InChI is InChI=1S/C13H27NO2/c1-4-7-14-12(11(5-2)6-3)10-13-15-8-9-16-13/h11-14H,4-10H2,1-3H3. The lowest BCUT2D eigenvalue weighted by molar-refractivity contribution is -0.0567. The Morgan fingerprint density at radius 2 is 1.75 bits per heavy atom. The maximum absolute atomic E-state index is 5.54. The number of hydrogen-bond acceptors (Lipinski definition) is 3. The van der Waals surface area contributed by atoms with Crippen LogP contribution < -0.4 is 5.32 Å². The number of rotatable bonds is 8. The minimum Gasteiger partial charge on any atom is -0.350 e. The molecule has 0 saturated carbocycles. The molecule has 0 amide bonds. The van der Waals surface area contributed by atoms with Crippen LogP contribution in [-0.2, 0) is 9.47 Å². The van der Waals surface area contributed by atoms with Crippen molar-refractivity contribution in [2.24, 2.45) is 5.92 Å². The van der Waals surface area contributed by atoms with Crippen molar-refractivity contribution < 1.29 is 9.47 Å². The van der Waals surface area contributed by atoms with Gasteiger partial charge in [-0.05, 0) is 18.9 Å². The highest BCUT2D eigenvalue weighted by Crippen LogP contribution is 2.20. The van der Waals surface area contributed by atoms with Crippen molar-refractivity contribution in [1.82, 2.24) is 5.32 Å². The highest BCUT2D eigenvalue weighted by atomic mass is 16.7. The van der Waals surface area contributed by atoms with Gasteiger partial charge in [-0.3, -0.25) is 0 Å². The normalized spacial score (nSPS) is 19.5. The summed E-state index contributed by atoms with van der Waals surface area (Å²) in [5, 5.41) is 3.64. The fourth-order valence-electron chi connectivity index (χ4n) is 2.38. The molecule has 0 spiro atoms. The Balaban J connectivity index is 2.40. The molecule has 0 radical (unpaired) electrons. The summed E-state index contributed by atoms with van der Waals surface area (Å²) >= 11 is 0. The molecular weight excluding hydrogens is 202 g/mol. The van der Waals surface area contributed by atoms with Gasteiger partial charge in [-0.2, -0.15) is 0 Å². The first kappa shape index (κ1) is 13.9. The molecule has 1 unspecified atom stereocenters. The SMILES string of the molecule is CCCNC(CC1OCCO1)C(CC)CC.